The molecule has 2 aromatic rings. The molecule has 1 atom stereocenters. The Morgan fingerprint density at radius 1 is 1.48 bits per heavy atom. The molecule has 0 aliphatic carbocycles. The van der Waals surface area contributed by atoms with Crippen molar-refractivity contribution < 1.29 is 4.92 Å². The van der Waals surface area contributed by atoms with Crippen molar-refractivity contribution in [2.45, 2.75) is 39.3 Å². The summed E-state index contributed by atoms with van der Waals surface area (Å²) < 4.78 is 1.66. The van der Waals surface area contributed by atoms with E-state index < -0.39 is 0 Å². The van der Waals surface area contributed by atoms with Crippen LogP contribution in [0.15, 0.2) is 24.4 Å². The van der Waals surface area contributed by atoms with E-state index in [1.54, 1.807) is 23.9 Å². The largest absolute Gasteiger partial charge is 0.323 e. The molecule has 0 spiro atoms. The molecule has 0 aliphatic heterocycles. The molecule has 0 radical (unpaired) electrons. The van der Waals surface area contributed by atoms with Gasteiger partial charge in [0.1, 0.15) is 0 Å². The van der Waals surface area contributed by atoms with Crippen LogP contribution >= 0.6 is 0 Å². The molecule has 0 aliphatic rings. The molecule has 112 valence electrons. The number of nitrogens with zero attached hydrogens (tertiary/aromatic N) is 4. The van der Waals surface area contributed by atoms with E-state index in [9.17, 15) is 10.1 Å². The summed E-state index contributed by atoms with van der Waals surface area (Å²) in [6.07, 6.45) is 3.64. The molecule has 1 heterocycles. The van der Waals surface area contributed by atoms with Gasteiger partial charge < -0.3 is 5.73 Å². The molecule has 0 saturated carbocycles. The van der Waals surface area contributed by atoms with E-state index in [-0.39, 0.29) is 16.7 Å². The van der Waals surface area contributed by atoms with Crippen molar-refractivity contribution in [2.24, 2.45) is 5.73 Å². The van der Waals surface area contributed by atoms with Crippen LogP contribution in [0.3, 0.4) is 0 Å². The van der Waals surface area contributed by atoms with Gasteiger partial charge in [-0.3, -0.25) is 10.1 Å². The van der Waals surface area contributed by atoms with Crippen LogP contribution < -0.4 is 5.73 Å². The number of aromatic nitrogens is 3. The number of hydrogen-bond donors (Lipinski definition) is 1. The zero-order valence-electron chi connectivity index (χ0n) is 12.2. The van der Waals surface area contributed by atoms with Crippen molar-refractivity contribution >= 4 is 5.69 Å². The van der Waals surface area contributed by atoms with E-state index in [0.29, 0.717) is 12.1 Å². The fourth-order valence-corrected chi connectivity index (χ4v) is 2.23. The van der Waals surface area contributed by atoms with Crippen LogP contribution in [0.1, 0.15) is 42.6 Å². The molecule has 21 heavy (non-hydrogen) atoms. The third kappa shape index (κ3) is 3.43. The van der Waals surface area contributed by atoms with E-state index in [4.69, 9.17) is 5.73 Å². The molecule has 1 unspecified atom stereocenters. The van der Waals surface area contributed by atoms with Crippen molar-refractivity contribution in [3.63, 3.8) is 0 Å². The van der Waals surface area contributed by atoms with E-state index >= 15 is 0 Å². The van der Waals surface area contributed by atoms with Gasteiger partial charge >= 0.3 is 0 Å². The molecule has 7 heteroatoms. The topological polar surface area (TPSA) is 99.9 Å². The van der Waals surface area contributed by atoms with Gasteiger partial charge in [-0.05, 0) is 18.9 Å². The normalized spacial score (nSPS) is 12.3. The molecule has 7 nitrogen and oxygen atoms in total. The number of benzene rings is 1. The second kappa shape index (κ2) is 6.45. The average molecular weight is 289 g/mol. The van der Waals surface area contributed by atoms with Crippen LogP contribution in [-0.4, -0.2) is 19.9 Å². The first kappa shape index (κ1) is 15.1. The van der Waals surface area contributed by atoms with Gasteiger partial charge in [0.25, 0.3) is 5.69 Å². The summed E-state index contributed by atoms with van der Waals surface area (Å²) in [5.41, 5.74) is 8.37. The van der Waals surface area contributed by atoms with Crippen LogP contribution in [-0.2, 0) is 6.54 Å². The second-order valence-corrected chi connectivity index (χ2v) is 5.05. The maximum absolute atomic E-state index is 10.9. The molecule has 0 fully saturated rings. The quantitative estimate of drug-likeness (QED) is 0.650. The van der Waals surface area contributed by atoms with E-state index in [1.165, 1.54) is 6.07 Å². The Morgan fingerprint density at radius 2 is 2.24 bits per heavy atom. The van der Waals surface area contributed by atoms with Crippen LogP contribution in [0.5, 0.6) is 0 Å². The Kier molecular flexibility index (Phi) is 4.64. The highest BCUT2D eigenvalue weighted by molar-refractivity contribution is 5.44. The first-order valence-corrected chi connectivity index (χ1v) is 6.91. The molecule has 1 aromatic heterocycles. The van der Waals surface area contributed by atoms with Crippen molar-refractivity contribution in [3.05, 3.63) is 51.3 Å². The lowest BCUT2D eigenvalue weighted by Gasteiger charge is -2.06. The molecule has 0 amide bonds. The summed E-state index contributed by atoms with van der Waals surface area (Å²) in [7, 11) is 0. The van der Waals surface area contributed by atoms with E-state index in [1.807, 2.05) is 6.07 Å². The maximum Gasteiger partial charge on any atom is 0.272 e. The van der Waals surface area contributed by atoms with Crippen LogP contribution in [0.2, 0.25) is 0 Å². The molecule has 2 rings (SSSR count). The summed E-state index contributed by atoms with van der Waals surface area (Å²) in [4.78, 5) is 10.6. The Labute approximate surface area is 122 Å². The Morgan fingerprint density at radius 3 is 2.90 bits per heavy atom. The number of nitro benzene ring substituents is 1. The zero-order chi connectivity index (χ0) is 15.4. The van der Waals surface area contributed by atoms with Crippen molar-refractivity contribution in [1.82, 2.24) is 15.0 Å². The molecule has 2 N–H and O–H groups in total. The number of rotatable bonds is 6. The van der Waals surface area contributed by atoms with Gasteiger partial charge in [-0.25, -0.2) is 4.68 Å². The minimum Gasteiger partial charge on any atom is -0.323 e. The Bertz CT molecular complexity index is 638. The number of hydrogen-bond acceptors (Lipinski definition) is 5. The zero-order valence-corrected chi connectivity index (χ0v) is 12.2. The average Bonchev–Trinajstić information content (AvgIpc) is 2.90. The van der Waals surface area contributed by atoms with Crippen LogP contribution in [0.25, 0.3) is 0 Å². The predicted octanol–water partition coefficient (Wildman–Crippen LogP) is 2.34. The van der Waals surface area contributed by atoms with Gasteiger partial charge in [-0.2, -0.15) is 0 Å². The Balaban J connectivity index is 2.19. The Hall–Kier alpha value is -2.28. The third-order valence-electron chi connectivity index (χ3n) is 3.48. The van der Waals surface area contributed by atoms with E-state index in [0.717, 1.165) is 24.1 Å². The molecule has 0 bridgehead atoms. The van der Waals surface area contributed by atoms with Gasteiger partial charge in [-0.15, -0.1) is 5.10 Å². The van der Waals surface area contributed by atoms with Gasteiger partial charge in [-0.1, -0.05) is 30.7 Å². The van der Waals surface area contributed by atoms with Crippen molar-refractivity contribution in [2.75, 3.05) is 0 Å². The minimum absolute atomic E-state index is 0.116. The lowest BCUT2D eigenvalue weighted by Crippen LogP contribution is -2.10. The fraction of sp³-hybridized carbons (Fsp3) is 0.429. The predicted molar refractivity (Wildman–Crippen MR) is 78.8 cm³/mol. The minimum atomic E-state index is -0.372. The lowest BCUT2D eigenvalue weighted by molar-refractivity contribution is -0.385. The van der Waals surface area contributed by atoms with Gasteiger partial charge in [0.2, 0.25) is 0 Å². The smallest absolute Gasteiger partial charge is 0.272 e. The molecular weight excluding hydrogens is 270 g/mol. The summed E-state index contributed by atoms with van der Waals surface area (Å²) in [6, 6.07) is 4.93. The third-order valence-corrected chi connectivity index (χ3v) is 3.48. The highest BCUT2D eigenvalue weighted by Crippen LogP contribution is 2.22. The number of nitrogens with two attached hydrogens (primary N) is 1. The first-order valence-electron chi connectivity index (χ1n) is 6.91. The van der Waals surface area contributed by atoms with E-state index in [2.05, 4.69) is 17.2 Å². The van der Waals surface area contributed by atoms with Crippen molar-refractivity contribution in [3.8, 4) is 0 Å². The SMILES string of the molecule is CCCC(N)c1cn(Cc2cccc([N+](=O)[O-])c2C)nn1. The summed E-state index contributed by atoms with van der Waals surface area (Å²) in [5, 5.41) is 19.1. The van der Waals surface area contributed by atoms with Gasteiger partial charge in [0.15, 0.2) is 0 Å². The highest BCUT2D eigenvalue weighted by atomic mass is 16.6. The summed E-state index contributed by atoms with van der Waals surface area (Å²) >= 11 is 0. The van der Waals surface area contributed by atoms with Gasteiger partial charge in [0, 0.05) is 11.6 Å². The standard InChI is InChI=1S/C14H19N5O2/c1-3-5-12(15)13-9-18(17-16-13)8-11-6-4-7-14(10(11)2)19(20)21/h4,6-7,9,12H,3,5,8,15H2,1-2H3. The monoisotopic (exact) mass is 289 g/mol. The highest BCUT2D eigenvalue weighted by Gasteiger charge is 2.15. The fourth-order valence-electron chi connectivity index (χ4n) is 2.23. The lowest BCUT2D eigenvalue weighted by atomic mass is 10.1. The second-order valence-electron chi connectivity index (χ2n) is 5.05. The maximum atomic E-state index is 10.9. The summed E-state index contributed by atoms with van der Waals surface area (Å²) in [5.74, 6) is 0. The first-order chi connectivity index (χ1) is 10.0. The van der Waals surface area contributed by atoms with Crippen molar-refractivity contribution in [1.29, 1.82) is 0 Å². The van der Waals surface area contributed by atoms with Crippen LogP contribution in [0, 0.1) is 17.0 Å². The number of nitro groups is 1. The van der Waals surface area contributed by atoms with Crippen LogP contribution in [0.4, 0.5) is 5.69 Å². The molecule has 0 saturated heterocycles. The molecular formula is C14H19N5O2. The van der Waals surface area contributed by atoms with Gasteiger partial charge in [0.05, 0.1) is 29.4 Å². The molecule has 1 aromatic carbocycles. The summed E-state index contributed by atoms with van der Waals surface area (Å²) in [6.45, 7) is 4.25.